The van der Waals surface area contributed by atoms with E-state index < -0.39 is 10.1 Å². The summed E-state index contributed by atoms with van der Waals surface area (Å²) in [7, 11) is -3.85. The molecule has 0 spiro atoms. The van der Waals surface area contributed by atoms with Crippen LogP contribution in [0.4, 0.5) is 0 Å². The first-order valence-electron chi connectivity index (χ1n) is 2.12. The Bertz CT molecular complexity index is 147. The Kier molecular flexibility index (Phi) is 8.35. The van der Waals surface area contributed by atoms with Crippen molar-refractivity contribution < 1.29 is 20.9 Å². The predicted octanol–water partition coefficient (Wildman–Crippen LogP) is -0.899. The van der Waals surface area contributed by atoms with Gasteiger partial charge in [-0.2, -0.15) is 8.42 Å². The fraction of sp³-hybridized carbons (Fsp3) is 1.00. The van der Waals surface area contributed by atoms with Gasteiger partial charge >= 0.3 is 37.7 Å². The number of rotatable bonds is 3. The predicted molar refractivity (Wildman–Crippen MR) is 36.1 cm³/mol. The van der Waals surface area contributed by atoms with Crippen molar-refractivity contribution in [2.24, 2.45) is 0 Å². The van der Waals surface area contributed by atoms with Crippen LogP contribution in [0.3, 0.4) is 0 Å². The number of hydrogen-bond donors (Lipinski definition) is 2. The van der Waals surface area contributed by atoms with Crippen molar-refractivity contribution in [2.75, 3.05) is 12.4 Å². The molecule has 0 rings (SSSR count). The van der Waals surface area contributed by atoms with Gasteiger partial charge in [0.1, 0.15) is 0 Å². The van der Waals surface area contributed by atoms with Crippen LogP contribution in [-0.4, -0.2) is 68.2 Å². The average molecular weight is 182 g/mol. The van der Waals surface area contributed by atoms with E-state index in [-0.39, 0.29) is 59.4 Å². The van der Waals surface area contributed by atoms with E-state index in [9.17, 15) is 8.42 Å². The van der Waals surface area contributed by atoms with Crippen LogP contribution in [0.1, 0.15) is 9.27 Å². The van der Waals surface area contributed by atoms with E-state index in [0.29, 0.717) is 0 Å². The molecule has 0 amide bonds. The number of aliphatic hydroxyl groups is 1. The maximum absolute atomic E-state index is 9.83. The van der Waals surface area contributed by atoms with E-state index in [1.54, 1.807) is 0 Å². The van der Waals surface area contributed by atoms with Gasteiger partial charge in [0.15, 0.2) is 0 Å². The van der Waals surface area contributed by atoms with Gasteiger partial charge in [0.2, 0.25) is 0 Å². The number of hydrogen-bond acceptors (Lipinski definition) is 3. The fourth-order valence-electron chi connectivity index (χ4n) is 0.247. The summed E-state index contributed by atoms with van der Waals surface area (Å²) in [5.41, 5.74) is 0. The third-order valence-corrected chi connectivity index (χ3v) is 1.36. The molecule has 0 aliphatic rings. The maximum atomic E-state index is 9.83. The van der Waals surface area contributed by atoms with Crippen LogP contribution in [0.2, 0.25) is 0 Å². The summed E-state index contributed by atoms with van der Waals surface area (Å²) in [4.78, 5) is 0. The molecule has 54 valence electrons. The molecule has 0 saturated carbocycles. The summed E-state index contributed by atoms with van der Waals surface area (Å²) in [6.07, 6.45) is 0.0961. The molecule has 2 N–H and O–H groups in total. The smallest absolute Gasteiger partial charge is 1.00 e. The quantitative estimate of drug-likeness (QED) is 0.438. The van der Waals surface area contributed by atoms with Crippen molar-refractivity contribution in [3.63, 3.8) is 0 Å². The molecular formula is C3H10CaO4S. The minimum atomic E-state index is -3.85. The van der Waals surface area contributed by atoms with Gasteiger partial charge in [-0.3, -0.25) is 4.55 Å². The summed E-state index contributed by atoms with van der Waals surface area (Å²) in [5.74, 6) is -0.358. The summed E-state index contributed by atoms with van der Waals surface area (Å²) < 4.78 is 27.7. The molecule has 0 fully saturated rings. The fourth-order valence-corrected chi connectivity index (χ4v) is 0.741. The van der Waals surface area contributed by atoms with Gasteiger partial charge in [0.25, 0.3) is 10.1 Å². The van der Waals surface area contributed by atoms with Crippen molar-refractivity contribution in [2.45, 2.75) is 6.42 Å². The van der Waals surface area contributed by atoms with Crippen molar-refractivity contribution in [1.29, 1.82) is 0 Å². The van der Waals surface area contributed by atoms with E-state index in [4.69, 9.17) is 9.66 Å². The molecule has 0 aromatic rings. The SMILES string of the molecule is O=S(=O)(O)CCCO.[Ca+2].[H-].[H-]. The van der Waals surface area contributed by atoms with Gasteiger partial charge in [-0.1, -0.05) is 0 Å². The Balaban J connectivity index is -0.0000000817. The molecule has 0 aliphatic heterocycles. The first-order chi connectivity index (χ1) is 3.56. The molecule has 0 bridgehead atoms. The zero-order chi connectivity index (χ0) is 6.62. The van der Waals surface area contributed by atoms with Crippen LogP contribution < -0.4 is 0 Å². The molecule has 0 aromatic heterocycles. The zero-order valence-electron chi connectivity index (χ0n) is 6.95. The van der Waals surface area contributed by atoms with Crippen LogP contribution >= 0.6 is 0 Å². The first kappa shape index (κ1) is 12.8. The van der Waals surface area contributed by atoms with Crippen molar-refractivity contribution in [1.82, 2.24) is 0 Å². The molecule has 0 saturated heterocycles. The molecule has 0 unspecified atom stereocenters. The van der Waals surface area contributed by atoms with Gasteiger partial charge in [-0.15, -0.1) is 0 Å². The largest absolute Gasteiger partial charge is 2.00 e. The van der Waals surface area contributed by atoms with Gasteiger partial charge < -0.3 is 7.96 Å². The molecule has 9 heavy (non-hydrogen) atoms. The summed E-state index contributed by atoms with van der Waals surface area (Å²) in [6, 6.07) is 0. The number of aliphatic hydroxyl groups excluding tert-OH is 1. The summed E-state index contributed by atoms with van der Waals surface area (Å²) in [5, 5.41) is 8.05. The second-order valence-corrected chi connectivity index (χ2v) is 2.94. The molecule has 0 atom stereocenters. The van der Waals surface area contributed by atoms with E-state index in [1.165, 1.54) is 0 Å². The van der Waals surface area contributed by atoms with E-state index in [2.05, 4.69) is 0 Å². The Hall–Kier alpha value is 1.13. The molecule has 6 heteroatoms. The van der Waals surface area contributed by atoms with Gasteiger partial charge in [0.05, 0.1) is 5.75 Å². The molecule has 0 aliphatic carbocycles. The second kappa shape index (κ2) is 5.88. The Morgan fingerprint density at radius 2 is 1.89 bits per heavy atom. The standard InChI is InChI=1S/C3H8O4S.Ca.2H/c4-2-1-3-8(5,6)7;;;/h4H,1-3H2,(H,5,6,7);;;/q;+2;2*-1. The van der Waals surface area contributed by atoms with Crippen molar-refractivity contribution in [3.8, 4) is 0 Å². The van der Waals surface area contributed by atoms with Crippen LogP contribution in [0.25, 0.3) is 0 Å². The summed E-state index contributed by atoms with van der Waals surface area (Å²) in [6.45, 7) is -0.209. The Morgan fingerprint density at radius 3 is 2.00 bits per heavy atom. The average Bonchev–Trinajstić information content (AvgIpc) is 1.59. The van der Waals surface area contributed by atoms with Gasteiger partial charge in [-0.05, 0) is 6.42 Å². The topological polar surface area (TPSA) is 74.6 Å². The normalized spacial score (nSPS) is 10.4. The minimum Gasteiger partial charge on any atom is -1.00 e. The molecule has 0 radical (unpaired) electrons. The maximum Gasteiger partial charge on any atom is 2.00 e. The molecule has 4 nitrogen and oxygen atoms in total. The molecule has 0 heterocycles. The molecular weight excluding hydrogens is 172 g/mol. The molecule has 0 aromatic carbocycles. The van der Waals surface area contributed by atoms with E-state index >= 15 is 0 Å². The van der Waals surface area contributed by atoms with E-state index in [1.807, 2.05) is 0 Å². The Morgan fingerprint density at radius 1 is 1.44 bits per heavy atom. The second-order valence-electron chi connectivity index (χ2n) is 1.36. The van der Waals surface area contributed by atoms with Gasteiger partial charge in [0, 0.05) is 6.61 Å². The Labute approximate surface area is 87.0 Å². The van der Waals surface area contributed by atoms with Crippen LogP contribution in [0.5, 0.6) is 0 Å². The van der Waals surface area contributed by atoms with Crippen LogP contribution in [0, 0.1) is 0 Å². The van der Waals surface area contributed by atoms with Crippen molar-refractivity contribution in [3.05, 3.63) is 0 Å². The van der Waals surface area contributed by atoms with Crippen molar-refractivity contribution >= 4 is 47.9 Å². The first-order valence-corrected chi connectivity index (χ1v) is 3.73. The third-order valence-electron chi connectivity index (χ3n) is 0.560. The van der Waals surface area contributed by atoms with Gasteiger partial charge in [-0.25, -0.2) is 0 Å². The van der Waals surface area contributed by atoms with Crippen LogP contribution in [-0.2, 0) is 10.1 Å². The monoisotopic (exact) mass is 182 g/mol. The zero-order valence-corrected chi connectivity index (χ0v) is 7.97. The third kappa shape index (κ3) is 12.4. The minimum absolute atomic E-state index is 0. The van der Waals surface area contributed by atoms with Crippen LogP contribution in [0.15, 0.2) is 0 Å². The summed E-state index contributed by atoms with van der Waals surface area (Å²) >= 11 is 0. The van der Waals surface area contributed by atoms with E-state index in [0.717, 1.165) is 0 Å².